The van der Waals surface area contributed by atoms with Crippen LogP contribution in [0.3, 0.4) is 0 Å². The SMILES string of the molecule is CC1=C(C(=O)c2ccc(F)c(Cl)c2)C(C)(C)CCC1. The topological polar surface area (TPSA) is 17.1 Å². The monoisotopic (exact) mass is 280 g/mol. The average Bonchev–Trinajstić information content (AvgIpc) is 2.31. The van der Waals surface area contributed by atoms with E-state index in [4.69, 9.17) is 11.6 Å². The Hall–Kier alpha value is -1.15. The van der Waals surface area contributed by atoms with Crippen molar-refractivity contribution in [2.45, 2.75) is 40.0 Å². The van der Waals surface area contributed by atoms with Crippen molar-refractivity contribution in [3.63, 3.8) is 0 Å². The van der Waals surface area contributed by atoms with E-state index in [0.717, 1.165) is 30.4 Å². The van der Waals surface area contributed by atoms with Crippen molar-refractivity contribution in [3.05, 3.63) is 45.7 Å². The van der Waals surface area contributed by atoms with Gasteiger partial charge in [0.2, 0.25) is 0 Å². The minimum atomic E-state index is -0.494. The fraction of sp³-hybridized carbons (Fsp3) is 0.438. The van der Waals surface area contributed by atoms with E-state index < -0.39 is 5.82 Å². The zero-order chi connectivity index (χ0) is 14.2. The van der Waals surface area contributed by atoms with Gasteiger partial charge < -0.3 is 0 Å². The summed E-state index contributed by atoms with van der Waals surface area (Å²) >= 11 is 5.76. The number of carbonyl (C=O) groups excluding carboxylic acids is 1. The molecule has 0 unspecified atom stereocenters. The molecule has 3 heteroatoms. The summed E-state index contributed by atoms with van der Waals surface area (Å²) in [6, 6.07) is 4.18. The van der Waals surface area contributed by atoms with E-state index in [1.807, 2.05) is 6.92 Å². The molecule has 1 aliphatic rings. The van der Waals surface area contributed by atoms with Gasteiger partial charge in [-0.3, -0.25) is 4.79 Å². The highest BCUT2D eigenvalue weighted by Crippen LogP contribution is 2.41. The number of carbonyl (C=O) groups is 1. The van der Waals surface area contributed by atoms with Crippen LogP contribution in [-0.4, -0.2) is 5.78 Å². The van der Waals surface area contributed by atoms with Gasteiger partial charge in [0, 0.05) is 11.1 Å². The van der Waals surface area contributed by atoms with E-state index in [2.05, 4.69) is 13.8 Å². The molecule has 0 heterocycles. The summed E-state index contributed by atoms with van der Waals surface area (Å²) in [6.07, 6.45) is 3.07. The van der Waals surface area contributed by atoms with Gasteiger partial charge in [0.05, 0.1) is 5.02 Å². The fourth-order valence-electron chi connectivity index (χ4n) is 2.91. The Morgan fingerprint density at radius 3 is 2.63 bits per heavy atom. The van der Waals surface area contributed by atoms with Crippen LogP contribution in [0.4, 0.5) is 4.39 Å². The third kappa shape index (κ3) is 2.74. The number of ketones is 1. The number of hydrogen-bond donors (Lipinski definition) is 0. The van der Waals surface area contributed by atoms with Gasteiger partial charge in [-0.15, -0.1) is 0 Å². The largest absolute Gasteiger partial charge is 0.289 e. The quantitative estimate of drug-likeness (QED) is 0.682. The Morgan fingerprint density at radius 1 is 1.37 bits per heavy atom. The Labute approximate surface area is 118 Å². The number of allylic oxidation sites excluding steroid dienone is 2. The van der Waals surface area contributed by atoms with Gasteiger partial charge in [-0.2, -0.15) is 0 Å². The summed E-state index contributed by atoms with van der Waals surface area (Å²) in [6.45, 7) is 6.20. The van der Waals surface area contributed by atoms with E-state index in [1.165, 1.54) is 18.2 Å². The van der Waals surface area contributed by atoms with E-state index in [-0.39, 0.29) is 16.2 Å². The number of Topliss-reactive ketones (excluding diaryl/α,β-unsaturated/α-hetero) is 1. The maximum Gasteiger partial charge on any atom is 0.189 e. The molecule has 0 N–H and O–H groups in total. The lowest BCUT2D eigenvalue weighted by Gasteiger charge is -2.33. The summed E-state index contributed by atoms with van der Waals surface area (Å²) in [4.78, 5) is 12.7. The number of hydrogen-bond acceptors (Lipinski definition) is 1. The van der Waals surface area contributed by atoms with Crippen molar-refractivity contribution < 1.29 is 9.18 Å². The number of rotatable bonds is 2. The first-order chi connectivity index (χ1) is 8.83. The predicted octanol–water partition coefficient (Wildman–Crippen LogP) is 5.19. The van der Waals surface area contributed by atoms with Crippen LogP contribution in [0.5, 0.6) is 0 Å². The first kappa shape index (κ1) is 14.3. The third-order valence-electron chi connectivity index (χ3n) is 3.87. The molecule has 0 bridgehead atoms. The van der Waals surface area contributed by atoms with Crippen molar-refractivity contribution in [3.8, 4) is 0 Å². The Bertz CT molecular complexity index is 558. The molecule has 0 fully saturated rings. The molecule has 1 aromatic carbocycles. The highest BCUT2D eigenvalue weighted by Gasteiger charge is 2.33. The van der Waals surface area contributed by atoms with Crippen LogP contribution in [0.25, 0.3) is 0 Å². The first-order valence-corrected chi connectivity index (χ1v) is 6.91. The van der Waals surface area contributed by atoms with Crippen molar-refractivity contribution in [2.24, 2.45) is 5.41 Å². The van der Waals surface area contributed by atoms with Crippen LogP contribution in [-0.2, 0) is 0 Å². The third-order valence-corrected chi connectivity index (χ3v) is 4.16. The van der Waals surface area contributed by atoms with E-state index in [1.54, 1.807) is 0 Å². The van der Waals surface area contributed by atoms with Gasteiger partial charge in [0.1, 0.15) is 5.82 Å². The highest BCUT2D eigenvalue weighted by molar-refractivity contribution is 6.31. The fourth-order valence-corrected chi connectivity index (χ4v) is 3.09. The molecule has 1 aliphatic carbocycles. The van der Waals surface area contributed by atoms with Crippen molar-refractivity contribution in [1.29, 1.82) is 0 Å². The second-order valence-electron chi connectivity index (χ2n) is 5.85. The van der Waals surface area contributed by atoms with E-state index in [9.17, 15) is 9.18 Å². The second kappa shape index (κ2) is 5.09. The van der Waals surface area contributed by atoms with Crippen LogP contribution in [0.2, 0.25) is 5.02 Å². The molecule has 0 aliphatic heterocycles. The molecule has 0 spiro atoms. The maximum atomic E-state index is 13.2. The van der Waals surface area contributed by atoms with Crippen molar-refractivity contribution in [2.75, 3.05) is 0 Å². The number of halogens is 2. The van der Waals surface area contributed by atoms with Crippen molar-refractivity contribution in [1.82, 2.24) is 0 Å². The predicted molar refractivity (Wildman–Crippen MR) is 76.1 cm³/mol. The van der Waals surface area contributed by atoms with Crippen molar-refractivity contribution >= 4 is 17.4 Å². The molecule has 0 aromatic heterocycles. The molecule has 1 aromatic rings. The van der Waals surface area contributed by atoms with E-state index >= 15 is 0 Å². The summed E-state index contributed by atoms with van der Waals surface area (Å²) < 4.78 is 13.2. The highest BCUT2D eigenvalue weighted by atomic mass is 35.5. The Morgan fingerprint density at radius 2 is 2.05 bits per heavy atom. The van der Waals surface area contributed by atoms with Crippen LogP contribution in [0.15, 0.2) is 29.3 Å². The molecule has 1 nitrogen and oxygen atoms in total. The van der Waals surface area contributed by atoms with Crippen LogP contribution in [0.1, 0.15) is 50.4 Å². The van der Waals surface area contributed by atoms with Gasteiger partial charge in [-0.05, 0) is 49.8 Å². The molecular weight excluding hydrogens is 263 g/mol. The average molecular weight is 281 g/mol. The minimum absolute atomic E-state index is 0.00211. The van der Waals surface area contributed by atoms with Gasteiger partial charge in [0.15, 0.2) is 5.78 Å². The Balaban J connectivity index is 2.45. The molecule has 0 radical (unpaired) electrons. The summed E-state index contributed by atoms with van der Waals surface area (Å²) in [7, 11) is 0. The summed E-state index contributed by atoms with van der Waals surface area (Å²) in [5.74, 6) is -0.518. The van der Waals surface area contributed by atoms with Crippen LogP contribution < -0.4 is 0 Å². The van der Waals surface area contributed by atoms with Gasteiger partial charge in [0.25, 0.3) is 0 Å². The Kier molecular flexibility index (Phi) is 3.82. The number of benzene rings is 1. The summed E-state index contributed by atoms with van der Waals surface area (Å²) in [5.41, 5.74) is 2.35. The zero-order valence-corrected chi connectivity index (χ0v) is 12.3. The van der Waals surface area contributed by atoms with Gasteiger partial charge in [-0.25, -0.2) is 4.39 Å². The lowest BCUT2D eigenvalue weighted by molar-refractivity contribution is 0.0998. The molecule has 19 heavy (non-hydrogen) atoms. The zero-order valence-electron chi connectivity index (χ0n) is 11.5. The standard InChI is InChI=1S/C16H18ClFO/c1-10-5-4-8-16(2,3)14(10)15(19)11-6-7-13(18)12(17)9-11/h6-7,9H,4-5,8H2,1-3H3. The molecule has 2 rings (SSSR count). The smallest absolute Gasteiger partial charge is 0.189 e. The maximum absolute atomic E-state index is 13.2. The molecule has 0 saturated carbocycles. The molecule has 102 valence electrons. The molecular formula is C16H18ClFO. The summed E-state index contributed by atoms with van der Waals surface area (Å²) in [5, 5.41) is -0.00211. The second-order valence-corrected chi connectivity index (χ2v) is 6.26. The minimum Gasteiger partial charge on any atom is -0.289 e. The lowest BCUT2D eigenvalue weighted by atomic mass is 9.70. The lowest BCUT2D eigenvalue weighted by Crippen LogP contribution is -2.26. The molecule has 0 saturated heterocycles. The first-order valence-electron chi connectivity index (χ1n) is 6.53. The van der Waals surface area contributed by atoms with Gasteiger partial charge in [-0.1, -0.05) is 31.0 Å². The van der Waals surface area contributed by atoms with Crippen LogP contribution >= 0.6 is 11.6 Å². The van der Waals surface area contributed by atoms with Gasteiger partial charge >= 0.3 is 0 Å². The molecule has 0 atom stereocenters. The van der Waals surface area contributed by atoms with E-state index in [0.29, 0.717) is 5.56 Å². The normalized spacial score (nSPS) is 18.6. The van der Waals surface area contributed by atoms with Crippen LogP contribution in [0, 0.1) is 11.2 Å². The molecule has 0 amide bonds.